The van der Waals surface area contributed by atoms with Gasteiger partial charge in [0.1, 0.15) is 5.69 Å². The molecule has 0 saturated heterocycles. The summed E-state index contributed by atoms with van der Waals surface area (Å²) >= 11 is 0. The number of halogens is 1. The molecule has 0 fully saturated rings. The minimum atomic E-state index is -0.362. The Bertz CT molecular complexity index is 656. The molecular weight excluding hydrogens is 209 g/mol. The van der Waals surface area contributed by atoms with Gasteiger partial charge in [0.15, 0.2) is 11.6 Å². The van der Waals surface area contributed by atoms with E-state index in [2.05, 4.69) is 15.1 Å². The van der Waals surface area contributed by atoms with Crippen molar-refractivity contribution in [2.45, 2.75) is 6.92 Å². The van der Waals surface area contributed by atoms with Crippen molar-refractivity contribution < 1.29 is 8.91 Å². The van der Waals surface area contributed by atoms with Crippen molar-refractivity contribution >= 4 is 10.9 Å². The molecule has 2 aromatic heterocycles. The topological polar surface area (TPSA) is 54.7 Å². The molecule has 3 rings (SSSR count). The van der Waals surface area contributed by atoms with E-state index in [4.69, 9.17) is 4.52 Å². The van der Waals surface area contributed by atoms with Gasteiger partial charge in [0.05, 0.1) is 0 Å². The molecule has 0 bridgehead atoms. The van der Waals surface area contributed by atoms with Crippen molar-refractivity contribution in [2.24, 2.45) is 0 Å². The molecular formula is C11H8FN3O. The fraction of sp³-hybridized carbons (Fsp3) is 0.0909. The monoisotopic (exact) mass is 217 g/mol. The molecule has 0 saturated carbocycles. The molecule has 16 heavy (non-hydrogen) atoms. The summed E-state index contributed by atoms with van der Waals surface area (Å²) in [5.74, 6) is 0.290. The molecule has 4 nitrogen and oxygen atoms in total. The maximum absolute atomic E-state index is 14.0. The highest BCUT2D eigenvalue weighted by Gasteiger charge is 2.17. The molecule has 0 amide bonds. The number of benzene rings is 1. The fourth-order valence-electron chi connectivity index (χ4n) is 1.65. The van der Waals surface area contributed by atoms with Crippen LogP contribution in [-0.2, 0) is 0 Å². The molecule has 5 heteroatoms. The van der Waals surface area contributed by atoms with Gasteiger partial charge < -0.3 is 9.51 Å². The van der Waals surface area contributed by atoms with Crippen LogP contribution in [0.4, 0.5) is 4.39 Å². The Morgan fingerprint density at radius 1 is 1.31 bits per heavy atom. The number of aromatic amines is 1. The van der Waals surface area contributed by atoms with E-state index >= 15 is 0 Å². The minimum absolute atomic E-state index is 0.172. The second-order valence-electron chi connectivity index (χ2n) is 3.51. The zero-order valence-corrected chi connectivity index (χ0v) is 8.49. The summed E-state index contributed by atoms with van der Waals surface area (Å²) in [6.45, 7) is 1.69. The van der Waals surface area contributed by atoms with Crippen LogP contribution in [0.5, 0.6) is 0 Å². The molecule has 3 aromatic rings. The number of aromatic nitrogens is 3. The molecule has 0 aliphatic heterocycles. The average molecular weight is 217 g/mol. The molecule has 0 aliphatic carbocycles. The number of rotatable bonds is 1. The largest absolute Gasteiger partial charge is 0.348 e. The van der Waals surface area contributed by atoms with Crippen molar-refractivity contribution in [2.75, 3.05) is 0 Å². The predicted molar refractivity (Wildman–Crippen MR) is 56.3 cm³/mol. The summed E-state index contributed by atoms with van der Waals surface area (Å²) in [5.41, 5.74) is 0.952. The lowest BCUT2D eigenvalue weighted by Crippen LogP contribution is -1.81. The minimum Gasteiger partial charge on any atom is -0.348 e. The van der Waals surface area contributed by atoms with Gasteiger partial charge in [-0.05, 0) is 19.1 Å². The van der Waals surface area contributed by atoms with Gasteiger partial charge in [-0.3, -0.25) is 0 Å². The number of para-hydroxylation sites is 1. The van der Waals surface area contributed by atoms with Crippen LogP contribution in [-0.4, -0.2) is 15.1 Å². The number of hydrogen-bond acceptors (Lipinski definition) is 3. The first-order valence-electron chi connectivity index (χ1n) is 4.82. The van der Waals surface area contributed by atoms with Crippen molar-refractivity contribution in [1.29, 1.82) is 0 Å². The summed E-state index contributed by atoms with van der Waals surface area (Å²) < 4.78 is 18.9. The third kappa shape index (κ3) is 1.21. The zero-order chi connectivity index (χ0) is 11.1. The maximum atomic E-state index is 14.0. The van der Waals surface area contributed by atoms with E-state index in [0.29, 0.717) is 16.7 Å². The summed E-state index contributed by atoms with van der Waals surface area (Å²) in [6.07, 6.45) is 0. The molecule has 0 atom stereocenters. The summed E-state index contributed by atoms with van der Waals surface area (Å²) in [4.78, 5) is 6.91. The van der Waals surface area contributed by atoms with Gasteiger partial charge >= 0.3 is 0 Å². The third-order valence-electron chi connectivity index (χ3n) is 2.38. The molecule has 0 spiro atoms. The number of nitrogens with zero attached hydrogens (tertiary/aromatic N) is 2. The molecule has 0 aliphatic rings. The third-order valence-corrected chi connectivity index (χ3v) is 2.38. The molecule has 1 aromatic carbocycles. The number of H-pyrrole nitrogens is 1. The Balaban J connectivity index is 2.28. The van der Waals surface area contributed by atoms with E-state index in [1.165, 1.54) is 0 Å². The second kappa shape index (κ2) is 3.16. The van der Waals surface area contributed by atoms with E-state index in [0.717, 1.165) is 0 Å². The van der Waals surface area contributed by atoms with Crippen LogP contribution in [0.25, 0.3) is 22.5 Å². The molecule has 0 radical (unpaired) electrons. The highest BCUT2D eigenvalue weighted by molar-refractivity contribution is 5.85. The normalized spacial score (nSPS) is 11.1. The number of aryl methyl sites for hydroxylation is 1. The lowest BCUT2D eigenvalue weighted by atomic mass is 10.2. The highest BCUT2D eigenvalue weighted by atomic mass is 19.1. The highest BCUT2D eigenvalue weighted by Crippen LogP contribution is 2.27. The van der Waals surface area contributed by atoms with Crippen LogP contribution in [0.15, 0.2) is 28.8 Å². The van der Waals surface area contributed by atoms with Crippen LogP contribution in [0, 0.1) is 12.7 Å². The fourth-order valence-corrected chi connectivity index (χ4v) is 1.65. The molecule has 1 N–H and O–H groups in total. The predicted octanol–water partition coefficient (Wildman–Crippen LogP) is 2.67. The van der Waals surface area contributed by atoms with Crippen LogP contribution in [0.1, 0.15) is 5.82 Å². The van der Waals surface area contributed by atoms with Gasteiger partial charge in [0.25, 0.3) is 5.89 Å². The Hall–Kier alpha value is -2.17. The van der Waals surface area contributed by atoms with Gasteiger partial charge in [0, 0.05) is 10.9 Å². The lowest BCUT2D eigenvalue weighted by Gasteiger charge is -1.87. The molecule has 80 valence electrons. The van der Waals surface area contributed by atoms with Gasteiger partial charge in [-0.1, -0.05) is 17.3 Å². The molecule has 0 unspecified atom stereocenters. The van der Waals surface area contributed by atoms with Crippen molar-refractivity contribution in [3.05, 3.63) is 35.9 Å². The van der Waals surface area contributed by atoms with Crippen LogP contribution in [0.3, 0.4) is 0 Å². The summed E-state index contributed by atoms with van der Waals surface area (Å²) in [6, 6.07) is 7.11. The van der Waals surface area contributed by atoms with Gasteiger partial charge in [-0.15, -0.1) is 0 Å². The van der Waals surface area contributed by atoms with E-state index < -0.39 is 0 Å². The van der Waals surface area contributed by atoms with Gasteiger partial charge in [-0.2, -0.15) is 4.98 Å². The second-order valence-corrected chi connectivity index (χ2v) is 3.51. The number of nitrogens with one attached hydrogen (secondary N) is 1. The van der Waals surface area contributed by atoms with Crippen LogP contribution < -0.4 is 0 Å². The Morgan fingerprint density at radius 3 is 2.81 bits per heavy atom. The number of hydrogen-bond donors (Lipinski definition) is 1. The van der Waals surface area contributed by atoms with Crippen LogP contribution >= 0.6 is 0 Å². The Morgan fingerprint density at radius 2 is 2.12 bits per heavy atom. The average Bonchev–Trinajstić information content (AvgIpc) is 2.84. The zero-order valence-electron chi connectivity index (χ0n) is 8.49. The molecule has 2 heterocycles. The van der Waals surface area contributed by atoms with E-state index in [1.807, 2.05) is 6.07 Å². The first-order chi connectivity index (χ1) is 7.75. The Labute approximate surface area is 90.1 Å². The van der Waals surface area contributed by atoms with Crippen LogP contribution in [0.2, 0.25) is 0 Å². The first kappa shape index (κ1) is 9.08. The standard InChI is InChI=1S/C11H8FN3O/c1-6-13-11(16-15-6)10-9(12)7-4-2-3-5-8(7)14-10/h2-5,14H,1H3. The smallest absolute Gasteiger partial charge is 0.277 e. The van der Waals surface area contributed by atoms with Crippen molar-refractivity contribution in [3.8, 4) is 11.6 Å². The maximum Gasteiger partial charge on any atom is 0.277 e. The van der Waals surface area contributed by atoms with Crippen molar-refractivity contribution in [1.82, 2.24) is 15.1 Å². The van der Waals surface area contributed by atoms with Gasteiger partial charge in [-0.25, -0.2) is 4.39 Å². The van der Waals surface area contributed by atoms with E-state index in [1.54, 1.807) is 25.1 Å². The lowest BCUT2D eigenvalue weighted by molar-refractivity contribution is 0.422. The Kier molecular flexibility index (Phi) is 1.80. The summed E-state index contributed by atoms with van der Waals surface area (Å²) in [7, 11) is 0. The number of fused-ring (bicyclic) bond motifs is 1. The van der Waals surface area contributed by atoms with Gasteiger partial charge in [0.2, 0.25) is 0 Å². The van der Waals surface area contributed by atoms with E-state index in [-0.39, 0.29) is 17.4 Å². The SMILES string of the molecule is Cc1noc(-c2[nH]c3ccccc3c2F)n1. The van der Waals surface area contributed by atoms with E-state index in [9.17, 15) is 4.39 Å². The quantitative estimate of drug-likeness (QED) is 0.681. The first-order valence-corrected chi connectivity index (χ1v) is 4.82. The van der Waals surface area contributed by atoms with Crippen molar-refractivity contribution in [3.63, 3.8) is 0 Å². The summed E-state index contributed by atoms with van der Waals surface area (Å²) in [5, 5.41) is 4.15.